The Morgan fingerprint density at radius 3 is 2.40 bits per heavy atom. The van der Waals surface area contributed by atoms with Gasteiger partial charge in [-0.1, -0.05) is 17.7 Å². The second-order valence-corrected chi connectivity index (χ2v) is 2.43. The van der Waals surface area contributed by atoms with Gasteiger partial charge in [0.25, 0.3) is 0 Å². The Hall–Kier alpha value is -0.400. The molecule has 0 spiro atoms. The van der Waals surface area contributed by atoms with E-state index in [9.17, 15) is 0 Å². The van der Waals surface area contributed by atoms with E-state index < -0.39 is 0 Å². The number of nitrogen functional groups attached to an aromatic ring is 1. The quantitative estimate of drug-likeness (QED) is 0.607. The normalized spacial score (nSPS) is 8.60. The van der Waals surface area contributed by atoms with Gasteiger partial charge >= 0.3 is 0 Å². The molecule has 0 heterocycles. The van der Waals surface area contributed by atoms with Crippen molar-refractivity contribution in [3.05, 3.63) is 28.8 Å². The maximum absolute atomic E-state index is 5.69. The third-order valence-electron chi connectivity index (χ3n) is 1.16. The van der Waals surface area contributed by atoms with Crippen LogP contribution in [0.1, 0.15) is 5.56 Å². The highest BCUT2D eigenvalue weighted by atomic mass is 35.5. The molecule has 0 aliphatic rings. The van der Waals surface area contributed by atoms with Crippen molar-refractivity contribution < 1.29 is 0 Å². The first-order valence-electron chi connectivity index (χ1n) is 2.72. The number of anilines is 1. The molecule has 1 nitrogen and oxygen atoms in total. The monoisotopic (exact) mass is 177 g/mol. The van der Waals surface area contributed by atoms with Crippen molar-refractivity contribution in [2.24, 2.45) is 0 Å². The molecule has 0 bridgehead atoms. The fourth-order valence-corrected chi connectivity index (χ4v) is 0.867. The van der Waals surface area contributed by atoms with E-state index in [0.29, 0.717) is 10.7 Å². The second-order valence-electron chi connectivity index (χ2n) is 2.02. The predicted octanol–water partition coefficient (Wildman–Crippen LogP) is 2.65. The first kappa shape index (κ1) is 9.60. The number of benzene rings is 1. The topological polar surface area (TPSA) is 26.0 Å². The Bertz CT molecular complexity index is 223. The van der Waals surface area contributed by atoms with Crippen molar-refractivity contribution in [1.29, 1.82) is 0 Å². The maximum atomic E-state index is 5.69. The average Bonchev–Trinajstić information content (AvgIpc) is 1.80. The smallest absolute Gasteiger partial charge is 0.0638 e. The number of nitrogens with two attached hydrogens (primary N) is 1. The minimum atomic E-state index is 0. The molecule has 56 valence electrons. The van der Waals surface area contributed by atoms with Gasteiger partial charge < -0.3 is 5.73 Å². The Morgan fingerprint density at radius 1 is 1.40 bits per heavy atom. The van der Waals surface area contributed by atoms with Gasteiger partial charge in [-0.15, -0.1) is 12.4 Å². The van der Waals surface area contributed by atoms with Gasteiger partial charge in [0.15, 0.2) is 0 Å². The summed E-state index contributed by atoms with van der Waals surface area (Å²) < 4.78 is 0. The summed E-state index contributed by atoms with van der Waals surface area (Å²) in [5.41, 5.74) is 7.23. The molecular formula is C7H9Cl2N. The van der Waals surface area contributed by atoms with Gasteiger partial charge in [-0.05, 0) is 24.6 Å². The summed E-state index contributed by atoms with van der Waals surface area (Å²) >= 11 is 5.69. The molecule has 0 aromatic heterocycles. The molecule has 2 N–H and O–H groups in total. The zero-order chi connectivity index (χ0) is 6.85. The highest BCUT2D eigenvalue weighted by molar-refractivity contribution is 6.33. The van der Waals surface area contributed by atoms with Gasteiger partial charge in [0, 0.05) is 0 Å². The van der Waals surface area contributed by atoms with E-state index in [1.807, 2.05) is 19.1 Å². The van der Waals surface area contributed by atoms with Crippen molar-refractivity contribution in [3.8, 4) is 0 Å². The molecule has 3 heteroatoms. The van der Waals surface area contributed by atoms with Gasteiger partial charge in [-0.3, -0.25) is 0 Å². The predicted molar refractivity (Wildman–Crippen MR) is 47.8 cm³/mol. The molecule has 0 unspecified atom stereocenters. The van der Waals surface area contributed by atoms with Crippen LogP contribution < -0.4 is 5.73 Å². The first-order chi connectivity index (χ1) is 4.20. The molecule has 1 rings (SSSR count). The molecule has 10 heavy (non-hydrogen) atoms. The zero-order valence-corrected chi connectivity index (χ0v) is 7.17. The molecule has 0 amide bonds. The zero-order valence-electron chi connectivity index (χ0n) is 5.60. The molecule has 1 aromatic rings. The lowest BCUT2D eigenvalue weighted by atomic mass is 10.2. The van der Waals surface area contributed by atoms with E-state index in [4.69, 9.17) is 17.3 Å². The van der Waals surface area contributed by atoms with Crippen molar-refractivity contribution >= 4 is 29.7 Å². The maximum Gasteiger partial charge on any atom is 0.0638 e. The van der Waals surface area contributed by atoms with Crippen LogP contribution in [0, 0.1) is 6.92 Å². The summed E-state index contributed by atoms with van der Waals surface area (Å²) in [6.45, 7) is 1.98. The number of hydrogen-bond acceptors (Lipinski definition) is 1. The summed E-state index contributed by atoms with van der Waals surface area (Å²) in [4.78, 5) is 0. The van der Waals surface area contributed by atoms with Crippen molar-refractivity contribution in [2.45, 2.75) is 6.92 Å². The van der Waals surface area contributed by atoms with Crippen LogP contribution in [0.3, 0.4) is 0 Å². The van der Waals surface area contributed by atoms with Crippen LogP contribution in [0.25, 0.3) is 0 Å². The summed E-state index contributed by atoms with van der Waals surface area (Å²) in [6, 6.07) is 5.58. The van der Waals surface area contributed by atoms with E-state index in [0.717, 1.165) is 5.56 Å². The summed E-state index contributed by atoms with van der Waals surface area (Å²) in [7, 11) is 0. The Kier molecular flexibility index (Phi) is 3.54. The lowest BCUT2D eigenvalue weighted by Crippen LogP contribution is -1.85. The van der Waals surface area contributed by atoms with E-state index in [1.54, 1.807) is 6.07 Å². The lowest BCUT2D eigenvalue weighted by molar-refractivity contribution is 1.47. The Morgan fingerprint density at radius 2 is 2.00 bits per heavy atom. The van der Waals surface area contributed by atoms with Gasteiger partial charge in [-0.25, -0.2) is 0 Å². The molecule has 0 atom stereocenters. The van der Waals surface area contributed by atoms with Crippen LogP contribution in [-0.2, 0) is 0 Å². The number of halogens is 2. The van der Waals surface area contributed by atoms with Crippen LogP contribution in [0.15, 0.2) is 18.2 Å². The minimum absolute atomic E-state index is 0. The van der Waals surface area contributed by atoms with Crippen LogP contribution in [-0.4, -0.2) is 0 Å². The van der Waals surface area contributed by atoms with Gasteiger partial charge in [0.2, 0.25) is 0 Å². The third kappa shape index (κ3) is 2.09. The molecule has 0 saturated heterocycles. The van der Waals surface area contributed by atoms with Gasteiger partial charge in [-0.2, -0.15) is 0 Å². The SMILES string of the molecule is Cc1ccc(N)c(Cl)c1.Cl. The summed E-state index contributed by atoms with van der Waals surface area (Å²) in [6.07, 6.45) is 0. The fraction of sp³-hybridized carbons (Fsp3) is 0.143. The molecule has 0 saturated carbocycles. The van der Waals surface area contributed by atoms with E-state index >= 15 is 0 Å². The van der Waals surface area contributed by atoms with E-state index in [2.05, 4.69) is 0 Å². The van der Waals surface area contributed by atoms with Crippen LogP contribution in [0.5, 0.6) is 0 Å². The standard InChI is InChI=1S/C7H8ClN.ClH/c1-5-2-3-7(9)6(8)4-5;/h2-4H,9H2,1H3;1H. The lowest BCUT2D eigenvalue weighted by Gasteiger charge is -1.96. The molecule has 0 fully saturated rings. The van der Waals surface area contributed by atoms with Gasteiger partial charge in [0.1, 0.15) is 0 Å². The summed E-state index contributed by atoms with van der Waals surface area (Å²) in [5.74, 6) is 0. The third-order valence-corrected chi connectivity index (χ3v) is 1.48. The molecule has 0 aliphatic heterocycles. The highest BCUT2D eigenvalue weighted by Gasteiger charge is 1.92. The average molecular weight is 178 g/mol. The van der Waals surface area contributed by atoms with Crippen molar-refractivity contribution in [3.63, 3.8) is 0 Å². The van der Waals surface area contributed by atoms with Crippen LogP contribution >= 0.6 is 24.0 Å². The first-order valence-corrected chi connectivity index (χ1v) is 3.09. The number of hydrogen-bond donors (Lipinski definition) is 1. The molecule has 0 radical (unpaired) electrons. The largest absolute Gasteiger partial charge is 0.398 e. The summed E-state index contributed by atoms with van der Waals surface area (Å²) in [5, 5.41) is 0.634. The minimum Gasteiger partial charge on any atom is -0.398 e. The Balaban J connectivity index is 0.000000810. The number of rotatable bonds is 0. The molecular weight excluding hydrogens is 169 g/mol. The van der Waals surface area contributed by atoms with Crippen molar-refractivity contribution in [1.82, 2.24) is 0 Å². The second kappa shape index (κ2) is 3.69. The fourth-order valence-electron chi connectivity index (χ4n) is 0.632. The molecule has 1 aromatic carbocycles. The van der Waals surface area contributed by atoms with Crippen LogP contribution in [0.4, 0.5) is 5.69 Å². The van der Waals surface area contributed by atoms with Crippen molar-refractivity contribution in [2.75, 3.05) is 5.73 Å². The van der Waals surface area contributed by atoms with Gasteiger partial charge in [0.05, 0.1) is 10.7 Å². The van der Waals surface area contributed by atoms with Crippen LogP contribution in [0.2, 0.25) is 5.02 Å². The highest BCUT2D eigenvalue weighted by Crippen LogP contribution is 2.18. The number of aryl methyl sites for hydroxylation is 1. The van der Waals surface area contributed by atoms with E-state index in [-0.39, 0.29) is 12.4 Å². The Labute approximate surface area is 71.6 Å². The van der Waals surface area contributed by atoms with E-state index in [1.165, 1.54) is 0 Å². The molecule has 0 aliphatic carbocycles.